The van der Waals surface area contributed by atoms with Crippen molar-refractivity contribution < 1.29 is 43.2 Å². The van der Waals surface area contributed by atoms with Crippen LogP contribution in [0.4, 0.5) is 0 Å². The summed E-state index contributed by atoms with van der Waals surface area (Å²) in [5, 5.41) is 11.6. The Morgan fingerprint density at radius 1 is 1.06 bits per heavy atom. The van der Waals surface area contributed by atoms with Crippen LogP contribution in [0.1, 0.15) is 29.8 Å². The number of carbonyl (C=O) groups excluding carboxylic acids is 2. The molecule has 1 atom stereocenters. The van der Waals surface area contributed by atoms with Gasteiger partial charge in [0.1, 0.15) is 17.5 Å². The molecule has 1 amide bonds. The van der Waals surface area contributed by atoms with E-state index in [4.69, 9.17) is 23.7 Å². The number of aliphatic carboxylic acids is 1. The molecule has 0 fully saturated rings. The Balaban J connectivity index is 1.74. The van der Waals surface area contributed by atoms with Gasteiger partial charge in [0.15, 0.2) is 23.9 Å². The van der Waals surface area contributed by atoms with Gasteiger partial charge in [-0.1, -0.05) is 13.8 Å². The van der Waals surface area contributed by atoms with Gasteiger partial charge in [-0.05, 0) is 41.8 Å². The number of ether oxygens (including phenoxy) is 5. The van der Waals surface area contributed by atoms with E-state index in [2.05, 4.69) is 5.32 Å². The van der Waals surface area contributed by atoms with E-state index in [1.165, 1.54) is 39.5 Å². The van der Waals surface area contributed by atoms with E-state index < -0.39 is 24.5 Å². The van der Waals surface area contributed by atoms with Crippen LogP contribution in [0, 0.1) is 5.92 Å². The fourth-order valence-electron chi connectivity index (χ4n) is 3.47. The molecule has 1 heterocycles. The molecule has 2 aromatic carbocycles. The van der Waals surface area contributed by atoms with Crippen LogP contribution in [0.2, 0.25) is 0 Å². The van der Waals surface area contributed by atoms with Crippen LogP contribution in [-0.4, -0.2) is 56.7 Å². The van der Waals surface area contributed by atoms with Gasteiger partial charge in [0.2, 0.25) is 11.5 Å². The fourth-order valence-corrected chi connectivity index (χ4v) is 3.47. The lowest BCUT2D eigenvalue weighted by Crippen LogP contribution is -2.46. The molecule has 0 radical (unpaired) electrons. The van der Waals surface area contributed by atoms with Crippen molar-refractivity contribution in [1.82, 2.24) is 5.32 Å². The Labute approximate surface area is 202 Å². The minimum absolute atomic E-state index is 0.0883. The highest BCUT2D eigenvalue weighted by Crippen LogP contribution is 2.40. The minimum Gasteiger partial charge on any atom is -0.493 e. The largest absolute Gasteiger partial charge is 0.493 e. The third-order valence-corrected chi connectivity index (χ3v) is 5.25. The number of benzene rings is 2. The third-order valence-electron chi connectivity index (χ3n) is 5.25. The topological polar surface area (TPSA) is 130 Å². The van der Waals surface area contributed by atoms with Crippen molar-refractivity contribution in [3.05, 3.63) is 47.2 Å². The number of methoxy groups -OCH3 is 3. The quantitative estimate of drug-likeness (QED) is 0.488. The zero-order valence-corrected chi connectivity index (χ0v) is 20.0. The smallest absolute Gasteiger partial charge is 0.326 e. The molecule has 186 valence electrons. The van der Waals surface area contributed by atoms with Crippen LogP contribution in [0.3, 0.4) is 0 Å². The van der Waals surface area contributed by atoms with Gasteiger partial charge in [-0.15, -0.1) is 0 Å². The predicted octanol–water partition coefficient (Wildman–Crippen LogP) is 2.93. The number of hydrogen-bond donors (Lipinski definition) is 2. The molecule has 10 nitrogen and oxygen atoms in total. The summed E-state index contributed by atoms with van der Waals surface area (Å²) in [6.45, 7) is 2.99. The van der Waals surface area contributed by atoms with Crippen molar-refractivity contribution in [1.29, 1.82) is 0 Å². The molecular formula is C25H27NO9. The van der Waals surface area contributed by atoms with Crippen LogP contribution in [0.5, 0.6) is 28.7 Å². The molecule has 2 aromatic rings. The second kappa shape index (κ2) is 10.8. The van der Waals surface area contributed by atoms with Crippen molar-refractivity contribution in [2.75, 3.05) is 27.9 Å². The van der Waals surface area contributed by atoms with Gasteiger partial charge in [-0.25, -0.2) is 4.79 Å². The standard InChI is InChI=1S/C25H27NO9/c1-13(2)22(25(29)30)26-21(27)12-34-15-6-7-16-17(11-15)35-18(23(16)28)8-14-9-19(31-3)24(33-5)20(10-14)32-4/h6-11,13,22H,12H2,1-5H3,(H,26,27)(H,29,30)/t22-/m1/s1. The zero-order valence-electron chi connectivity index (χ0n) is 20.0. The molecule has 0 saturated heterocycles. The van der Waals surface area contributed by atoms with Crippen molar-refractivity contribution >= 4 is 23.7 Å². The van der Waals surface area contributed by atoms with Crippen molar-refractivity contribution in [2.45, 2.75) is 19.9 Å². The zero-order chi connectivity index (χ0) is 25.7. The molecule has 10 heteroatoms. The second-order valence-electron chi connectivity index (χ2n) is 7.97. The van der Waals surface area contributed by atoms with Crippen molar-refractivity contribution in [2.24, 2.45) is 5.92 Å². The maximum atomic E-state index is 12.8. The fraction of sp³-hybridized carbons (Fsp3) is 0.320. The summed E-state index contributed by atoms with van der Waals surface area (Å²) in [6, 6.07) is 6.91. The van der Waals surface area contributed by atoms with E-state index >= 15 is 0 Å². The number of allylic oxidation sites excluding steroid dienone is 1. The molecule has 35 heavy (non-hydrogen) atoms. The Morgan fingerprint density at radius 3 is 2.26 bits per heavy atom. The van der Waals surface area contributed by atoms with E-state index in [9.17, 15) is 19.5 Å². The van der Waals surface area contributed by atoms with Gasteiger partial charge in [0, 0.05) is 6.07 Å². The average molecular weight is 485 g/mol. The lowest BCUT2D eigenvalue weighted by Gasteiger charge is -2.18. The number of hydrogen-bond acceptors (Lipinski definition) is 8. The molecule has 0 spiro atoms. The van der Waals surface area contributed by atoms with Crippen LogP contribution in [0.25, 0.3) is 6.08 Å². The third kappa shape index (κ3) is 5.65. The van der Waals surface area contributed by atoms with Gasteiger partial charge in [-0.3, -0.25) is 9.59 Å². The molecule has 1 aliphatic heterocycles. The highest BCUT2D eigenvalue weighted by Gasteiger charge is 2.28. The van der Waals surface area contributed by atoms with E-state index in [1.54, 1.807) is 32.1 Å². The predicted molar refractivity (Wildman–Crippen MR) is 125 cm³/mol. The Morgan fingerprint density at radius 2 is 1.71 bits per heavy atom. The second-order valence-corrected chi connectivity index (χ2v) is 7.97. The van der Waals surface area contributed by atoms with Crippen LogP contribution in [-0.2, 0) is 9.59 Å². The summed E-state index contributed by atoms with van der Waals surface area (Å²) in [5.74, 6) is -0.369. The molecule has 0 unspecified atom stereocenters. The number of Topliss-reactive ketones (excluding diaryl/α,β-unsaturated/α-hetero) is 1. The molecular weight excluding hydrogens is 458 g/mol. The summed E-state index contributed by atoms with van der Waals surface area (Å²) in [7, 11) is 4.48. The lowest BCUT2D eigenvalue weighted by molar-refractivity contribution is -0.143. The highest BCUT2D eigenvalue weighted by atomic mass is 16.5. The van der Waals surface area contributed by atoms with E-state index in [-0.39, 0.29) is 29.0 Å². The first-order valence-corrected chi connectivity index (χ1v) is 10.7. The number of carboxylic acid groups (broad SMARTS) is 1. The normalized spacial score (nSPS) is 14.2. The monoisotopic (exact) mass is 485 g/mol. The molecule has 0 aliphatic carbocycles. The van der Waals surface area contributed by atoms with Gasteiger partial charge in [-0.2, -0.15) is 0 Å². The summed E-state index contributed by atoms with van der Waals surface area (Å²) < 4.78 is 27.2. The molecule has 3 rings (SSSR count). The first-order valence-electron chi connectivity index (χ1n) is 10.7. The molecule has 0 bridgehead atoms. The van der Waals surface area contributed by atoms with Crippen molar-refractivity contribution in [3.8, 4) is 28.7 Å². The average Bonchev–Trinajstić information content (AvgIpc) is 3.14. The summed E-state index contributed by atoms with van der Waals surface area (Å²) in [4.78, 5) is 36.2. The first kappa shape index (κ1) is 25.4. The maximum absolute atomic E-state index is 12.8. The number of carbonyl (C=O) groups is 3. The van der Waals surface area contributed by atoms with E-state index in [1.807, 2.05) is 0 Å². The molecule has 0 saturated carbocycles. The first-order chi connectivity index (χ1) is 16.7. The molecule has 1 aliphatic rings. The number of ketones is 1. The Kier molecular flexibility index (Phi) is 7.85. The number of amides is 1. The summed E-state index contributed by atoms with van der Waals surface area (Å²) >= 11 is 0. The Hall–Kier alpha value is -4.21. The molecule has 0 aromatic heterocycles. The number of fused-ring (bicyclic) bond motifs is 1. The van der Waals surface area contributed by atoms with Gasteiger partial charge in [0.25, 0.3) is 5.91 Å². The highest BCUT2D eigenvalue weighted by molar-refractivity contribution is 6.14. The van der Waals surface area contributed by atoms with Crippen LogP contribution in [0.15, 0.2) is 36.1 Å². The van der Waals surface area contributed by atoms with Crippen LogP contribution >= 0.6 is 0 Å². The van der Waals surface area contributed by atoms with E-state index in [0.29, 0.717) is 28.4 Å². The van der Waals surface area contributed by atoms with Crippen LogP contribution < -0.4 is 29.0 Å². The van der Waals surface area contributed by atoms with Gasteiger partial charge >= 0.3 is 5.97 Å². The van der Waals surface area contributed by atoms with Crippen molar-refractivity contribution in [3.63, 3.8) is 0 Å². The summed E-state index contributed by atoms with van der Waals surface area (Å²) in [6.07, 6.45) is 1.55. The van der Waals surface area contributed by atoms with Gasteiger partial charge in [0.05, 0.1) is 26.9 Å². The molecule has 2 N–H and O–H groups in total. The van der Waals surface area contributed by atoms with Gasteiger partial charge < -0.3 is 34.1 Å². The Bertz CT molecular complexity index is 1140. The van der Waals surface area contributed by atoms with E-state index in [0.717, 1.165) is 0 Å². The number of carboxylic acids is 1. The number of nitrogens with one attached hydrogen (secondary N) is 1. The maximum Gasteiger partial charge on any atom is 0.326 e. The number of rotatable bonds is 10. The SMILES string of the molecule is COc1cc(C=C2Oc3cc(OCC(=O)N[C@@H](C(=O)O)C(C)C)ccc3C2=O)cc(OC)c1OC. The lowest BCUT2D eigenvalue weighted by atomic mass is 10.1. The summed E-state index contributed by atoms with van der Waals surface area (Å²) in [5.41, 5.74) is 0.938. The minimum atomic E-state index is -1.12.